The summed E-state index contributed by atoms with van der Waals surface area (Å²) in [7, 11) is 3.23. The molecule has 1 aliphatic heterocycles. The second kappa shape index (κ2) is 7.19. The molecule has 0 aromatic heterocycles. The molecule has 1 saturated heterocycles. The highest BCUT2D eigenvalue weighted by Gasteiger charge is 2.45. The van der Waals surface area contributed by atoms with E-state index in [1.165, 1.54) is 11.0 Å². The van der Waals surface area contributed by atoms with Crippen molar-refractivity contribution in [1.29, 1.82) is 0 Å². The van der Waals surface area contributed by atoms with Crippen molar-refractivity contribution in [2.75, 3.05) is 20.6 Å². The summed E-state index contributed by atoms with van der Waals surface area (Å²) < 4.78 is 14.5. The number of carbonyl (C=O) groups is 2. The van der Waals surface area contributed by atoms with Crippen LogP contribution in [0.3, 0.4) is 0 Å². The maximum Gasteiger partial charge on any atom is 0.233 e. The number of piperidine rings is 1. The average Bonchev–Trinajstić information content (AvgIpc) is 3.43. The third-order valence-electron chi connectivity index (χ3n) is 5.25. The van der Waals surface area contributed by atoms with Crippen molar-refractivity contribution in [1.82, 2.24) is 9.80 Å². The number of amides is 1. The summed E-state index contributed by atoms with van der Waals surface area (Å²) in [5, 5.41) is 10.3. The van der Waals surface area contributed by atoms with Gasteiger partial charge in [-0.15, -0.1) is 0 Å². The molecule has 1 aromatic rings. The minimum Gasteiger partial charge on any atom is -0.392 e. The highest BCUT2D eigenvalue weighted by atomic mass is 19.1. The number of carbonyl (C=O) groups excluding carboxylic acids is 2. The number of hydrogen-bond donors (Lipinski definition) is 1. The molecule has 3 unspecified atom stereocenters. The molecule has 26 heavy (non-hydrogen) atoms. The van der Waals surface area contributed by atoms with E-state index in [-0.39, 0.29) is 17.6 Å². The number of rotatable bonds is 5. The summed E-state index contributed by atoms with van der Waals surface area (Å²) in [5.41, 5.74) is 0.683. The van der Waals surface area contributed by atoms with Crippen LogP contribution < -0.4 is 0 Å². The van der Waals surface area contributed by atoms with Crippen LogP contribution in [0, 0.1) is 17.7 Å². The average molecular weight is 360 g/mol. The number of hydrogen-bond acceptors (Lipinski definition) is 4. The van der Waals surface area contributed by atoms with Crippen LogP contribution in [0.15, 0.2) is 36.5 Å². The van der Waals surface area contributed by atoms with Gasteiger partial charge in [-0.2, -0.15) is 0 Å². The third-order valence-corrected chi connectivity index (χ3v) is 5.25. The van der Waals surface area contributed by atoms with Crippen LogP contribution >= 0.6 is 0 Å². The zero-order chi connectivity index (χ0) is 19.0. The normalized spacial score (nSPS) is 24.3. The van der Waals surface area contributed by atoms with Gasteiger partial charge in [0.25, 0.3) is 0 Å². The first-order valence-corrected chi connectivity index (χ1v) is 8.95. The van der Waals surface area contributed by atoms with Crippen molar-refractivity contribution in [3.63, 3.8) is 0 Å². The highest BCUT2D eigenvalue weighted by Crippen LogP contribution is 2.41. The van der Waals surface area contributed by atoms with E-state index in [0.29, 0.717) is 24.2 Å². The van der Waals surface area contributed by atoms with Crippen molar-refractivity contribution in [2.24, 2.45) is 11.8 Å². The molecule has 3 rings (SSSR count). The lowest BCUT2D eigenvalue weighted by Gasteiger charge is -2.43. The minimum absolute atomic E-state index is 0.0382. The Morgan fingerprint density at radius 3 is 2.50 bits per heavy atom. The van der Waals surface area contributed by atoms with E-state index in [0.717, 1.165) is 12.8 Å². The predicted octanol–water partition coefficient (Wildman–Crippen LogP) is 2.13. The van der Waals surface area contributed by atoms with Crippen molar-refractivity contribution < 1.29 is 19.1 Å². The van der Waals surface area contributed by atoms with Gasteiger partial charge in [-0.1, -0.05) is 24.8 Å². The number of benzene rings is 1. The first-order chi connectivity index (χ1) is 12.3. The quantitative estimate of drug-likeness (QED) is 0.874. The molecule has 2 fully saturated rings. The van der Waals surface area contributed by atoms with Crippen LogP contribution in [-0.2, 0) is 9.59 Å². The van der Waals surface area contributed by atoms with Gasteiger partial charge in [-0.25, -0.2) is 4.39 Å². The van der Waals surface area contributed by atoms with E-state index in [4.69, 9.17) is 0 Å². The minimum atomic E-state index is -0.856. The van der Waals surface area contributed by atoms with E-state index >= 15 is 0 Å². The van der Waals surface area contributed by atoms with Gasteiger partial charge in [-0.3, -0.25) is 9.59 Å². The van der Waals surface area contributed by atoms with Crippen LogP contribution in [-0.4, -0.2) is 53.3 Å². The molecule has 0 spiro atoms. The molecule has 1 N–H and O–H groups in total. The zero-order valence-electron chi connectivity index (χ0n) is 15.2. The largest absolute Gasteiger partial charge is 0.392 e. The van der Waals surface area contributed by atoms with Crippen molar-refractivity contribution in [3.05, 3.63) is 47.9 Å². The van der Waals surface area contributed by atoms with Crippen molar-refractivity contribution in [2.45, 2.75) is 31.4 Å². The van der Waals surface area contributed by atoms with Gasteiger partial charge in [-0.05, 0) is 25.3 Å². The standard InChI is InChI=1S/C20H25FN2O3/c1-12-17(20(26)22(2)3)16(24)10-11-23(12)18(19(25)13-8-9-13)14-6-4-5-7-15(14)21/h4-7,13,16-18,24H,1,8-11H2,2-3H3. The van der Waals surface area contributed by atoms with Gasteiger partial charge >= 0.3 is 0 Å². The van der Waals surface area contributed by atoms with Gasteiger partial charge in [0.05, 0.1) is 6.10 Å². The van der Waals surface area contributed by atoms with Crippen molar-refractivity contribution in [3.8, 4) is 0 Å². The monoisotopic (exact) mass is 360 g/mol. The van der Waals surface area contributed by atoms with E-state index < -0.39 is 23.9 Å². The molecule has 1 aromatic carbocycles. The van der Waals surface area contributed by atoms with Crippen LogP contribution in [0.25, 0.3) is 0 Å². The van der Waals surface area contributed by atoms with E-state index in [1.807, 2.05) is 0 Å². The van der Waals surface area contributed by atoms with Gasteiger partial charge in [0.15, 0.2) is 5.78 Å². The molecule has 0 radical (unpaired) electrons. The topological polar surface area (TPSA) is 60.9 Å². The van der Waals surface area contributed by atoms with Gasteiger partial charge in [0, 0.05) is 37.8 Å². The summed E-state index contributed by atoms with van der Waals surface area (Å²) in [4.78, 5) is 28.6. The van der Waals surface area contributed by atoms with Crippen LogP contribution in [0.5, 0.6) is 0 Å². The second-order valence-electron chi connectivity index (χ2n) is 7.35. The Bertz CT molecular complexity index is 730. The number of nitrogens with zero attached hydrogens (tertiary/aromatic N) is 2. The molecule has 1 saturated carbocycles. The molecule has 1 heterocycles. The SMILES string of the molecule is C=C1C(C(=O)N(C)C)C(O)CCN1C(C(=O)C1CC1)c1ccccc1F. The summed E-state index contributed by atoms with van der Waals surface area (Å²) in [6, 6.07) is 5.44. The van der Waals surface area contributed by atoms with Crippen molar-refractivity contribution >= 4 is 11.7 Å². The lowest BCUT2D eigenvalue weighted by molar-refractivity contribution is -0.139. The maximum atomic E-state index is 14.5. The number of Topliss-reactive ketones (excluding diaryl/α,β-unsaturated/α-hetero) is 1. The van der Waals surface area contributed by atoms with Crippen LogP contribution in [0.1, 0.15) is 30.9 Å². The van der Waals surface area contributed by atoms with E-state index in [2.05, 4.69) is 6.58 Å². The predicted molar refractivity (Wildman–Crippen MR) is 95.5 cm³/mol. The lowest BCUT2D eigenvalue weighted by atomic mass is 9.86. The molecule has 6 heteroatoms. The Kier molecular flexibility index (Phi) is 5.14. The zero-order valence-corrected chi connectivity index (χ0v) is 15.2. The number of halogens is 1. The second-order valence-corrected chi connectivity index (χ2v) is 7.35. The Morgan fingerprint density at radius 1 is 1.27 bits per heavy atom. The molecular formula is C20H25FN2O3. The highest BCUT2D eigenvalue weighted by molar-refractivity contribution is 5.90. The van der Waals surface area contributed by atoms with E-state index in [1.54, 1.807) is 37.2 Å². The molecule has 1 amide bonds. The number of ketones is 1. The Labute approximate surface area is 153 Å². The van der Waals surface area contributed by atoms with Crippen LogP contribution in [0.4, 0.5) is 4.39 Å². The smallest absolute Gasteiger partial charge is 0.233 e. The third kappa shape index (κ3) is 3.38. The molecule has 140 valence electrons. The number of likely N-dealkylation sites (tertiary alicyclic amines) is 1. The van der Waals surface area contributed by atoms with E-state index in [9.17, 15) is 19.1 Å². The first-order valence-electron chi connectivity index (χ1n) is 8.95. The Balaban J connectivity index is 1.98. The maximum absolute atomic E-state index is 14.5. The fraction of sp³-hybridized carbons (Fsp3) is 0.500. The first kappa shape index (κ1) is 18.6. The summed E-state index contributed by atoms with van der Waals surface area (Å²) >= 11 is 0. The summed E-state index contributed by atoms with van der Waals surface area (Å²) in [6.07, 6.45) is 1.09. The number of aliphatic hydroxyl groups is 1. The summed E-state index contributed by atoms with van der Waals surface area (Å²) in [5.74, 6) is -1.63. The molecule has 2 aliphatic rings. The molecule has 3 atom stereocenters. The molecule has 0 bridgehead atoms. The fourth-order valence-corrected chi connectivity index (χ4v) is 3.63. The van der Waals surface area contributed by atoms with Gasteiger partial charge in [0.2, 0.25) is 5.91 Å². The number of aliphatic hydroxyl groups excluding tert-OH is 1. The molecule has 5 nitrogen and oxygen atoms in total. The van der Waals surface area contributed by atoms with Crippen LogP contribution in [0.2, 0.25) is 0 Å². The Morgan fingerprint density at radius 2 is 1.92 bits per heavy atom. The lowest BCUT2D eigenvalue weighted by Crippen LogP contribution is -2.50. The van der Waals surface area contributed by atoms with Gasteiger partial charge in [0.1, 0.15) is 17.8 Å². The molecular weight excluding hydrogens is 335 g/mol. The fourth-order valence-electron chi connectivity index (χ4n) is 3.63. The Hall–Kier alpha value is -2.21. The molecule has 1 aliphatic carbocycles. The van der Waals surface area contributed by atoms with Gasteiger partial charge < -0.3 is 14.9 Å². The summed E-state index contributed by atoms with van der Waals surface area (Å²) in [6.45, 7) is 4.37.